The fourth-order valence-corrected chi connectivity index (χ4v) is 3.10. The highest BCUT2D eigenvalue weighted by Crippen LogP contribution is 2.38. The zero-order valence-electron chi connectivity index (χ0n) is 16.2. The molecule has 1 atom stereocenters. The molecule has 3 rings (SSSR count). The Labute approximate surface area is 166 Å². The molecule has 9 heteroatoms. The lowest BCUT2D eigenvalue weighted by Gasteiger charge is -2.33. The van der Waals surface area contributed by atoms with E-state index >= 15 is 0 Å². The molecule has 0 radical (unpaired) electrons. The van der Waals surface area contributed by atoms with E-state index in [1.807, 2.05) is 0 Å². The maximum absolute atomic E-state index is 13.0. The standard InChI is InChI=1S/C20H20N2O7/c1-4-17-20(24)21(15-9-12(22(25)26)5-8-18(15)29-17)11-16(23)14-7-6-13(27-2)10-19(14)28-3/h5-10,17H,4,11H2,1-3H3. The van der Waals surface area contributed by atoms with Crippen LogP contribution in [0.5, 0.6) is 17.2 Å². The molecular formula is C20H20N2O7. The molecule has 0 N–H and O–H groups in total. The van der Waals surface area contributed by atoms with Gasteiger partial charge in [0.05, 0.1) is 36.9 Å². The summed E-state index contributed by atoms with van der Waals surface area (Å²) in [6.45, 7) is 1.47. The number of nitrogens with zero attached hydrogens (tertiary/aromatic N) is 2. The van der Waals surface area contributed by atoms with E-state index in [0.717, 1.165) is 0 Å². The molecule has 9 nitrogen and oxygen atoms in total. The number of hydrogen-bond acceptors (Lipinski definition) is 7. The first-order valence-electron chi connectivity index (χ1n) is 8.91. The molecule has 0 fully saturated rings. The lowest BCUT2D eigenvalue weighted by molar-refractivity contribution is -0.384. The third kappa shape index (κ3) is 3.84. The number of Topliss-reactive ketones (excluding diaryl/α,β-unsaturated/α-hetero) is 1. The van der Waals surface area contributed by atoms with Crippen molar-refractivity contribution >= 4 is 23.1 Å². The number of nitro groups is 1. The third-order valence-electron chi connectivity index (χ3n) is 4.64. The van der Waals surface area contributed by atoms with E-state index in [9.17, 15) is 19.7 Å². The fraction of sp³-hybridized carbons (Fsp3) is 0.300. The minimum atomic E-state index is -0.769. The third-order valence-corrected chi connectivity index (χ3v) is 4.64. The van der Waals surface area contributed by atoms with Gasteiger partial charge in [-0.1, -0.05) is 6.92 Å². The SMILES string of the molecule is CCC1Oc2ccc([N+](=O)[O-])cc2N(CC(=O)c2ccc(OC)cc2OC)C1=O. The van der Waals surface area contributed by atoms with Crippen LogP contribution in [-0.2, 0) is 4.79 Å². The number of fused-ring (bicyclic) bond motifs is 1. The average molecular weight is 400 g/mol. The predicted molar refractivity (Wildman–Crippen MR) is 104 cm³/mol. The summed E-state index contributed by atoms with van der Waals surface area (Å²) in [4.78, 5) is 37.6. The zero-order chi connectivity index (χ0) is 21.1. The van der Waals surface area contributed by atoms with Crippen molar-refractivity contribution in [1.82, 2.24) is 0 Å². The number of anilines is 1. The molecular weight excluding hydrogens is 380 g/mol. The van der Waals surface area contributed by atoms with Crippen LogP contribution in [0.15, 0.2) is 36.4 Å². The number of ketones is 1. The van der Waals surface area contributed by atoms with Gasteiger partial charge < -0.3 is 14.2 Å². The van der Waals surface area contributed by atoms with E-state index in [0.29, 0.717) is 23.7 Å². The maximum Gasteiger partial charge on any atom is 0.271 e. The quantitative estimate of drug-likeness (QED) is 0.399. The largest absolute Gasteiger partial charge is 0.497 e. The van der Waals surface area contributed by atoms with Crippen LogP contribution in [0.2, 0.25) is 0 Å². The predicted octanol–water partition coefficient (Wildman–Crippen LogP) is 3.00. The Balaban J connectivity index is 1.99. The van der Waals surface area contributed by atoms with Gasteiger partial charge >= 0.3 is 0 Å². The van der Waals surface area contributed by atoms with E-state index < -0.39 is 16.9 Å². The van der Waals surface area contributed by atoms with E-state index in [2.05, 4.69) is 0 Å². The van der Waals surface area contributed by atoms with Gasteiger partial charge in [-0.15, -0.1) is 0 Å². The molecule has 0 bridgehead atoms. The van der Waals surface area contributed by atoms with Gasteiger partial charge in [0.2, 0.25) is 0 Å². The molecule has 0 saturated carbocycles. The summed E-state index contributed by atoms with van der Waals surface area (Å²) in [5.74, 6) is 0.333. The average Bonchev–Trinajstić information content (AvgIpc) is 2.74. The van der Waals surface area contributed by atoms with Crippen molar-refractivity contribution in [3.8, 4) is 17.2 Å². The Bertz CT molecular complexity index is 973. The minimum Gasteiger partial charge on any atom is -0.497 e. The first kappa shape index (κ1) is 20.1. The van der Waals surface area contributed by atoms with Crippen molar-refractivity contribution in [2.24, 2.45) is 0 Å². The Kier molecular flexibility index (Phi) is 5.67. The number of carbonyl (C=O) groups excluding carboxylic acids is 2. The number of non-ortho nitro benzene ring substituents is 1. The number of hydrogen-bond donors (Lipinski definition) is 0. The molecule has 1 heterocycles. The number of carbonyl (C=O) groups is 2. The van der Waals surface area contributed by atoms with Gasteiger partial charge in [0, 0.05) is 18.2 Å². The van der Waals surface area contributed by atoms with E-state index in [-0.39, 0.29) is 29.3 Å². The summed E-state index contributed by atoms with van der Waals surface area (Å²) < 4.78 is 16.1. The number of ether oxygens (including phenoxy) is 3. The molecule has 2 aromatic carbocycles. The van der Waals surface area contributed by atoms with Crippen LogP contribution in [0, 0.1) is 10.1 Å². The lowest BCUT2D eigenvalue weighted by Crippen LogP contribution is -2.47. The Morgan fingerprint density at radius 2 is 1.97 bits per heavy atom. The molecule has 0 aromatic heterocycles. The van der Waals surface area contributed by atoms with Gasteiger partial charge in [-0.25, -0.2) is 0 Å². The van der Waals surface area contributed by atoms with E-state index in [1.54, 1.807) is 25.1 Å². The fourth-order valence-electron chi connectivity index (χ4n) is 3.10. The maximum atomic E-state index is 13.0. The highest BCUT2D eigenvalue weighted by atomic mass is 16.6. The van der Waals surface area contributed by atoms with Gasteiger partial charge in [0.1, 0.15) is 17.2 Å². The van der Waals surface area contributed by atoms with Gasteiger partial charge in [0.15, 0.2) is 11.9 Å². The summed E-state index contributed by atoms with van der Waals surface area (Å²) in [5, 5.41) is 11.1. The molecule has 1 amide bonds. The van der Waals surface area contributed by atoms with Crippen molar-refractivity contribution in [1.29, 1.82) is 0 Å². The first-order valence-corrected chi connectivity index (χ1v) is 8.91. The number of rotatable bonds is 7. The molecule has 152 valence electrons. The van der Waals surface area contributed by atoms with Crippen molar-refractivity contribution < 1.29 is 28.7 Å². The van der Waals surface area contributed by atoms with E-state index in [1.165, 1.54) is 37.3 Å². The highest BCUT2D eigenvalue weighted by Gasteiger charge is 2.36. The monoisotopic (exact) mass is 400 g/mol. The van der Waals surface area contributed by atoms with Crippen LogP contribution in [-0.4, -0.2) is 43.5 Å². The van der Waals surface area contributed by atoms with Gasteiger partial charge in [-0.2, -0.15) is 0 Å². The van der Waals surface area contributed by atoms with Crippen molar-refractivity contribution in [2.45, 2.75) is 19.4 Å². The summed E-state index contributed by atoms with van der Waals surface area (Å²) in [6.07, 6.45) is -0.374. The van der Waals surface area contributed by atoms with Crippen LogP contribution >= 0.6 is 0 Å². The van der Waals surface area contributed by atoms with Crippen LogP contribution in [0.1, 0.15) is 23.7 Å². The minimum absolute atomic E-state index is 0.190. The second-order valence-electron chi connectivity index (χ2n) is 6.34. The highest BCUT2D eigenvalue weighted by molar-refractivity contribution is 6.09. The molecule has 2 aromatic rings. The normalized spacial score (nSPS) is 15.3. The second kappa shape index (κ2) is 8.17. The Hall–Kier alpha value is -3.62. The van der Waals surface area contributed by atoms with Crippen LogP contribution in [0.3, 0.4) is 0 Å². The van der Waals surface area contributed by atoms with Crippen molar-refractivity contribution in [3.05, 3.63) is 52.1 Å². The number of nitro benzene ring substituents is 1. The van der Waals surface area contributed by atoms with Gasteiger partial charge in [-0.3, -0.25) is 24.6 Å². The molecule has 0 saturated heterocycles. The number of methoxy groups -OCH3 is 2. The topological polar surface area (TPSA) is 108 Å². The lowest BCUT2D eigenvalue weighted by atomic mass is 10.1. The Morgan fingerprint density at radius 1 is 1.21 bits per heavy atom. The smallest absolute Gasteiger partial charge is 0.271 e. The van der Waals surface area contributed by atoms with E-state index in [4.69, 9.17) is 14.2 Å². The molecule has 1 aliphatic heterocycles. The molecule has 29 heavy (non-hydrogen) atoms. The summed E-state index contributed by atoms with van der Waals surface area (Å²) in [5.41, 5.74) is 0.261. The molecule has 1 unspecified atom stereocenters. The van der Waals surface area contributed by atoms with Crippen molar-refractivity contribution in [3.63, 3.8) is 0 Å². The van der Waals surface area contributed by atoms with Crippen LogP contribution in [0.4, 0.5) is 11.4 Å². The second-order valence-corrected chi connectivity index (χ2v) is 6.34. The van der Waals surface area contributed by atoms with Gasteiger partial charge in [0.25, 0.3) is 11.6 Å². The number of amides is 1. The zero-order valence-corrected chi connectivity index (χ0v) is 16.2. The number of benzene rings is 2. The summed E-state index contributed by atoms with van der Waals surface area (Å²) in [7, 11) is 2.93. The Morgan fingerprint density at radius 3 is 2.59 bits per heavy atom. The summed E-state index contributed by atoms with van der Waals surface area (Å²) in [6, 6.07) is 8.71. The summed E-state index contributed by atoms with van der Waals surface area (Å²) >= 11 is 0. The molecule has 0 spiro atoms. The molecule has 0 aliphatic carbocycles. The van der Waals surface area contributed by atoms with Crippen LogP contribution in [0.25, 0.3) is 0 Å². The van der Waals surface area contributed by atoms with Crippen molar-refractivity contribution in [2.75, 3.05) is 25.7 Å². The first-order chi connectivity index (χ1) is 13.9. The molecule has 1 aliphatic rings. The van der Waals surface area contributed by atoms with Gasteiger partial charge in [-0.05, 0) is 24.6 Å². The van der Waals surface area contributed by atoms with Crippen LogP contribution < -0.4 is 19.1 Å².